The predicted molar refractivity (Wildman–Crippen MR) is 49.4 cm³/mol. The third-order valence-corrected chi connectivity index (χ3v) is 3.00. The van der Waals surface area contributed by atoms with Crippen LogP contribution in [0, 0.1) is 0 Å². The maximum absolute atomic E-state index is 11.3. The summed E-state index contributed by atoms with van der Waals surface area (Å²) in [5, 5.41) is 0. The van der Waals surface area contributed by atoms with E-state index in [1.807, 2.05) is 6.92 Å². The SMILES string of the molecule is CCOC(=O)C1CN1C1CCCC1. The molecule has 1 saturated heterocycles. The Balaban J connectivity index is 1.77. The highest BCUT2D eigenvalue weighted by molar-refractivity contribution is 5.79. The van der Waals surface area contributed by atoms with Crippen LogP contribution < -0.4 is 0 Å². The second kappa shape index (κ2) is 3.66. The van der Waals surface area contributed by atoms with Crippen LogP contribution in [0.15, 0.2) is 0 Å². The van der Waals surface area contributed by atoms with Gasteiger partial charge in [0.05, 0.1) is 6.61 Å². The van der Waals surface area contributed by atoms with Crippen molar-refractivity contribution in [1.29, 1.82) is 0 Å². The molecular formula is C10H17NO2. The fraction of sp³-hybridized carbons (Fsp3) is 0.900. The third kappa shape index (κ3) is 1.85. The molecule has 3 heteroatoms. The van der Waals surface area contributed by atoms with E-state index in [1.165, 1.54) is 25.7 Å². The molecule has 0 spiro atoms. The molecule has 2 unspecified atom stereocenters. The molecule has 1 aliphatic heterocycles. The lowest BCUT2D eigenvalue weighted by Crippen LogP contribution is -2.22. The van der Waals surface area contributed by atoms with Gasteiger partial charge in [-0.3, -0.25) is 9.69 Å². The highest BCUT2D eigenvalue weighted by Gasteiger charge is 2.46. The van der Waals surface area contributed by atoms with Crippen LogP contribution in [0.4, 0.5) is 0 Å². The molecule has 13 heavy (non-hydrogen) atoms. The van der Waals surface area contributed by atoms with E-state index in [-0.39, 0.29) is 12.0 Å². The van der Waals surface area contributed by atoms with Crippen LogP contribution in [0.1, 0.15) is 32.6 Å². The Labute approximate surface area is 79.0 Å². The van der Waals surface area contributed by atoms with E-state index >= 15 is 0 Å². The van der Waals surface area contributed by atoms with Crippen LogP contribution in [-0.4, -0.2) is 36.1 Å². The zero-order valence-electron chi connectivity index (χ0n) is 8.16. The second-order valence-corrected chi connectivity index (χ2v) is 3.90. The number of esters is 1. The van der Waals surface area contributed by atoms with Crippen LogP contribution >= 0.6 is 0 Å². The fourth-order valence-electron chi connectivity index (χ4n) is 2.24. The van der Waals surface area contributed by atoms with E-state index in [4.69, 9.17) is 4.74 Å². The molecule has 0 amide bonds. The Hall–Kier alpha value is -0.570. The van der Waals surface area contributed by atoms with Crippen molar-refractivity contribution in [2.75, 3.05) is 13.2 Å². The first-order chi connectivity index (χ1) is 6.33. The smallest absolute Gasteiger partial charge is 0.324 e. The molecule has 3 nitrogen and oxygen atoms in total. The first-order valence-corrected chi connectivity index (χ1v) is 5.25. The summed E-state index contributed by atoms with van der Waals surface area (Å²) in [6, 6.07) is 0.775. The summed E-state index contributed by atoms with van der Waals surface area (Å²) in [4.78, 5) is 13.6. The van der Waals surface area contributed by atoms with Crippen LogP contribution in [-0.2, 0) is 9.53 Å². The molecule has 0 aromatic carbocycles. The lowest BCUT2D eigenvalue weighted by molar-refractivity contribution is -0.143. The van der Waals surface area contributed by atoms with Crippen LogP contribution in [0.5, 0.6) is 0 Å². The molecule has 2 aliphatic rings. The second-order valence-electron chi connectivity index (χ2n) is 3.90. The van der Waals surface area contributed by atoms with Gasteiger partial charge in [0.1, 0.15) is 6.04 Å². The molecule has 2 rings (SSSR count). The summed E-state index contributed by atoms with van der Waals surface area (Å²) < 4.78 is 4.98. The van der Waals surface area contributed by atoms with Gasteiger partial charge in [-0.2, -0.15) is 0 Å². The molecule has 0 radical (unpaired) electrons. The van der Waals surface area contributed by atoms with Gasteiger partial charge in [-0.05, 0) is 19.8 Å². The molecule has 0 aromatic heterocycles. The van der Waals surface area contributed by atoms with Gasteiger partial charge < -0.3 is 4.74 Å². The predicted octanol–water partition coefficient (Wildman–Crippen LogP) is 1.18. The number of carbonyl (C=O) groups excluding carboxylic acids is 1. The van der Waals surface area contributed by atoms with Crippen molar-refractivity contribution in [3.05, 3.63) is 0 Å². The molecule has 1 aliphatic carbocycles. The summed E-state index contributed by atoms with van der Waals surface area (Å²) >= 11 is 0. The van der Waals surface area contributed by atoms with Crippen molar-refractivity contribution in [1.82, 2.24) is 4.90 Å². The minimum Gasteiger partial charge on any atom is -0.465 e. The van der Waals surface area contributed by atoms with E-state index in [1.54, 1.807) is 0 Å². The molecule has 0 N–H and O–H groups in total. The largest absolute Gasteiger partial charge is 0.465 e. The maximum Gasteiger partial charge on any atom is 0.324 e. The lowest BCUT2D eigenvalue weighted by atomic mass is 10.2. The molecule has 2 fully saturated rings. The molecule has 0 bridgehead atoms. The summed E-state index contributed by atoms with van der Waals surface area (Å²) in [5.41, 5.74) is 0. The monoisotopic (exact) mass is 183 g/mol. The topological polar surface area (TPSA) is 29.3 Å². The minimum atomic E-state index is -0.0191. The van der Waals surface area contributed by atoms with E-state index in [0.717, 1.165) is 6.54 Å². The Kier molecular flexibility index (Phi) is 2.54. The zero-order valence-corrected chi connectivity index (χ0v) is 8.16. The first-order valence-electron chi connectivity index (χ1n) is 5.25. The number of hydrogen-bond donors (Lipinski definition) is 0. The van der Waals surface area contributed by atoms with Crippen LogP contribution in [0.3, 0.4) is 0 Å². The van der Waals surface area contributed by atoms with Crippen molar-refractivity contribution < 1.29 is 9.53 Å². The molecule has 1 heterocycles. The van der Waals surface area contributed by atoms with E-state index in [2.05, 4.69) is 4.90 Å². The highest BCUT2D eigenvalue weighted by atomic mass is 16.5. The molecule has 74 valence electrons. The lowest BCUT2D eigenvalue weighted by Gasteiger charge is -2.10. The van der Waals surface area contributed by atoms with E-state index < -0.39 is 0 Å². The van der Waals surface area contributed by atoms with Crippen molar-refractivity contribution in [2.24, 2.45) is 0 Å². The van der Waals surface area contributed by atoms with Crippen molar-refractivity contribution in [2.45, 2.75) is 44.7 Å². The number of ether oxygens (including phenoxy) is 1. The molecular weight excluding hydrogens is 166 g/mol. The maximum atomic E-state index is 11.3. The first kappa shape index (κ1) is 9.00. The number of carbonyl (C=O) groups is 1. The molecule has 0 aromatic rings. The van der Waals surface area contributed by atoms with E-state index in [9.17, 15) is 4.79 Å². The van der Waals surface area contributed by atoms with Crippen molar-refractivity contribution in [3.8, 4) is 0 Å². The average Bonchev–Trinajstić information content (AvgIpc) is 2.74. The average molecular weight is 183 g/mol. The van der Waals surface area contributed by atoms with Gasteiger partial charge in [-0.15, -0.1) is 0 Å². The van der Waals surface area contributed by atoms with Crippen molar-refractivity contribution >= 4 is 5.97 Å². The quantitative estimate of drug-likeness (QED) is 0.486. The summed E-state index contributed by atoms with van der Waals surface area (Å²) in [5.74, 6) is -0.0191. The standard InChI is InChI=1S/C10H17NO2/c1-2-13-10(12)9-7-11(9)8-5-3-4-6-8/h8-9H,2-7H2,1H3. The van der Waals surface area contributed by atoms with Gasteiger partial charge in [0.25, 0.3) is 0 Å². The highest BCUT2D eigenvalue weighted by Crippen LogP contribution is 2.32. The van der Waals surface area contributed by atoms with Gasteiger partial charge in [0.15, 0.2) is 0 Å². The Morgan fingerprint density at radius 1 is 1.46 bits per heavy atom. The van der Waals surface area contributed by atoms with E-state index in [0.29, 0.717) is 12.6 Å². The van der Waals surface area contributed by atoms with Gasteiger partial charge >= 0.3 is 5.97 Å². The Morgan fingerprint density at radius 3 is 2.77 bits per heavy atom. The summed E-state index contributed by atoms with van der Waals surface area (Å²) in [6.07, 6.45) is 5.21. The fourth-order valence-corrected chi connectivity index (χ4v) is 2.24. The molecule has 1 saturated carbocycles. The van der Waals surface area contributed by atoms with Gasteiger partial charge in [-0.25, -0.2) is 0 Å². The van der Waals surface area contributed by atoms with Crippen LogP contribution in [0.2, 0.25) is 0 Å². The zero-order chi connectivity index (χ0) is 9.26. The number of hydrogen-bond acceptors (Lipinski definition) is 3. The van der Waals surface area contributed by atoms with Gasteiger partial charge in [-0.1, -0.05) is 12.8 Å². The number of rotatable bonds is 3. The summed E-state index contributed by atoms with van der Waals surface area (Å²) in [7, 11) is 0. The Morgan fingerprint density at radius 2 is 2.15 bits per heavy atom. The minimum absolute atomic E-state index is 0.0191. The van der Waals surface area contributed by atoms with Gasteiger partial charge in [0.2, 0.25) is 0 Å². The van der Waals surface area contributed by atoms with Crippen LogP contribution in [0.25, 0.3) is 0 Å². The van der Waals surface area contributed by atoms with Crippen molar-refractivity contribution in [3.63, 3.8) is 0 Å². The number of nitrogens with zero attached hydrogens (tertiary/aromatic N) is 1. The summed E-state index contributed by atoms with van der Waals surface area (Å²) in [6.45, 7) is 3.30. The molecule has 2 atom stereocenters. The normalized spacial score (nSPS) is 33.3. The van der Waals surface area contributed by atoms with Gasteiger partial charge in [0, 0.05) is 12.6 Å². The Bertz CT molecular complexity index is 199. The third-order valence-electron chi connectivity index (χ3n) is 3.00.